The van der Waals surface area contributed by atoms with Crippen LogP contribution in [0, 0.1) is 6.92 Å². The Balaban J connectivity index is 1.77. The third-order valence-electron chi connectivity index (χ3n) is 3.47. The molecule has 0 aliphatic rings. The summed E-state index contributed by atoms with van der Waals surface area (Å²) in [6.45, 7) is 1.88. The fourth-order valence-electron chi connectivity index (χ4n) is 2.11. The summed E-state index contributed by atoms with van der Waals surface area (Å²) in [4.78, 5) is 16.5. The lowest BCUT2D eigenvalue weighted by atomic mass is 10.2. The summed E-state index contributed by atoms with van der Waals surface area (Å²) in [5.74, 6) is -0.220. The Morgan fingerprint density at radius 1 is 1.19 bits per heavy atom. The Hall–Kier alpha value is -2.42. The van der Waals surface area contributed by atoms with Crippen LogP contribution in [0.5, 0.6) is 0 Å². The molecule has 2 aromatic heterocycles. The molecule has 0 saturated carbocycles. The van der Waals surface area contributed by atoms with Crippen LogP contribution in [0.25, 0.3) is 0 Å². The number of nitrogens with one attached hydrogen (secondary N) is 2. The molecule has 134 valence electrons. The van der Waals surface area contributed by atoms with E-state index in [9.17, 15) is 13.2 Å². The maximum atomic E-state index is 12.4. The number of benzene rings is 1. The second-order valence-electron chi connectivity index (χ2n) is 5.38. The van der Waals surface area contributed by atoms with Gasteiger partial charge in [-0.1, -0.05) is 29.8 Å². The highest BCUT2D eigenvalue weighted by Gasteiger charge is 2.19. The van der Waals surface area contributed by atoms with Crippen LogP contribution in [0.15, 0.2) is 58.9 Å². The van der Waals surface area contributed by atoms with Gasteiger partial charge in [0.15, 0.2) is 0 Å². The number of carbonyl (C=O) groups excluding carboxylic acids is 1. The van der Waals surface area contributed by atoms with Crippen molar-refractivity contribution >= 4 is 50.4 Å². The van der Waals surface area contributed by atoms with Gasteiger partial charge in [-0.15, -0.1) is 11.3 Å². The largest absolute Gasteiger partial charge is 0.321 e. The van der Waals surface area contributed by atoms with E-state index in [-0.39, 0.29) is 21.5 Å². The minimum Gasteiger partial charge on any atom is -0.321 e. The zero-order chi connectivity index (χ0) is 18.7. The average molecular weight is 408 g/mol. The number of sulfonamides is 1. The molecule has 0 atom stereocenters. The number of aromatic nitrogens is 1. The van der Waals surface area contributed by atoms with Crippen LogP contribution >= 0.6 is 22.9 Å². The van der Waals surface area contributed by atoms with Crippen LogP contribution < -0.4 is 10.0 Å². The minimum absolute atomic E-state index is 0.00539. The van der Waals surface area contributed by atoms with Crippen molar-refractivity contribution in [1.82, 2.24) is 4.98 Å². The van der Waals surface area contributed by atoms with Gasteiger partial charge in [-0.2, -0.15) is 0 Å². The van der Waals surface area contributed by atoms with Crippen LogP contribution in [-0.2, 0) is 10.0 Å². The lowest BCUT2D eigenvalue weighted by Crippen LogP contribution is -2.14. The quantitative estimate of drug-likeness (QED) is 0.664. The lowest BCUT2D eigenvalue weighted by molar-refractivity contribution is 0.103. The number of pyridine rings is 1. The molecule has 3 rings (SSSR count). The summed E-state index contributed by atoms with van der Waals surface area (Å²) in [7, 11) is -3.85. The molecule has 0 spiro atoms. The molecule has 0 aliphatic carbocycles. The van der Waals surface area contributed by atoms with Gasteiger partial charge in [-0.25, -0.2) is 13.4 Å². The third-order valence-corrected chi connectivity index (χ3v) is 6.10. The second-order valence-corrected chi connectivity index (χ2v) is 8.41. The van der Waals surface area contributed by atoms with Crippen molar-refractivity contribution in [3.05, 3.63) is 69.5 Å². The smallest absolute Gasteiger partial charge is 0.265 e. The Kier molecular flexibility index (Phi) is 5.26. The Morgan fingerprint density at radius 2 is 1.96 bits per heavy atom. The summed E-state index contributed by atoms with van der Waals surface area (Å²) in [5, 5.41) is 4.59. The molecular formula is C17H14ClN3O3S2. The number of amides is 1. The van der Waals surface area contributed by atoms with E-state index in [0.717, 1.165) is 16.9 Å². The number of aryl methyl sites for hydroxylation is 1. The molecule has 0 aliphatic heterocycles. The molecule has 26 heavy (non-hydrogen) atoms. The molecule has 0 bridgehead atoms. The highest BCUT2D eigenvalue weighted by atomic mass is 35.5. The highest BCUT2D eigenvalue weighted by molar-refractivity contribution is 7.92. The molecular weight excluding hydrogens is 394 g/mol. The number of carbonyl (C=O) groups is 1. The van der Waals surface area contributed by atoms with Crippen molar-refractivity contribution in [2.75, 3.05) is 10.0 Å². The van der Waals surface area contributed by atoms with Gasteiger partial charge in [-0.3, -0.25) is 9.52 Å². The number of hydrogen-bond donors (Lipinski definition) is 2. The van der Waals surface area contributed by atoms with Gasteiger partial charge in [0.2, 0.25) is 0 Å². The topological polar surface area (TPSA) is 88.2 Å². The number of para-hydroxylation sites is 1. The maximum Gasteiger partial charge on any atom is 0.265 e. The fraction of sp³-hybridized carbons (Fsp3) is 0.0588. The summed E-state index contributed by atoms with van der Waals surface area (Å²) < 4.78 is 27.2. The van der Waals surface area contributed by atoms with E-state index < -0.39 is 10.0 Å². The van der Waals surface area contributed by atoms with Gasteiger partial charge in [-0.05, 0) is 36.8 Å². The number of halogens is 1. The first-order chi connectivity index (χ1) is 12.3. The predicted molar refractivity (Wildman–Crippen MR) is 104 cm³/mol. The third kappa shape index (κ3) is 4.21. The van der Waals surface area contributed by atoms with E-state index in [4.69, 9.17) is 11.6 Å². The van der Waals surface area contributed by atoms with E-state index in [1.54, 1.807) is 6.07 Å². The van der Waals surface area contributed by atoms with Crippen molar-refractivity contribution in [2.45, 2.75) is 11.8 Å². The normalized spacial score (nSPS) is 11.2. The number of thiophene rings is 1. The standard InChI is InChI=1S/C17H14ClN3O3S2/c1-11-4-2-3-5-14(11)20-17(22)15-8-13(10-25-15)26(23,24)21-16-7-6-12(18)9-19-16/h2-10H,1H3,(H,19,21)(H,20,22). The van der Waals surface area contributed by atoms with Crippen molar-refractivity contribution in [2.24, 2.45) is 0 Å². The van der Waals surface area contributed by atoms with Crippen molar-refractivity contribution in [1.29, 1.82) is 0 Å². The average Bonchev–Trinajstić information content (AvgIpc) is 3.10. The lowest BCUT2D eigenvalue weighted by Gasteiger charge is -2.06. The first-order valence-corrected chi connectivity index (χ1v) is 10.2. The first kappa shape index (κ1) is 18.4. The zero-order valence-corrected chi connectivity index (χ0v) is 16.0. The van der Waals surface area contributed by atoms with Gasteiger partial charge in [0, 0.05) is 17.3 Å². The van der Waals surface area contributed by atoms with E-state index in [2.05, 4.69) is 15.0 Å². The molecule has 6 nitrogen and oxygen atoms in total. The van der Waals surface area contributed by atoms with Crippen molar-refractivity contribution in [3.8, 4) is 0 Å². The molecule has 3 aromatic rings. The monoisotopic (exact) mass is 407 g/mol. The van der Waals surface area contributed by atoms with Crippen LogP contribution in [0.4, 0.5) is 11.5 Å². The Bertz CT molecular complexity index is 1050. The Morgan fingerprint density at radius 3 is 2.65 bits per heavy atom. The van der Waals surface area contributed by atoms with E-state index in [0.29, 0.717) is 10.7 Å². The molecule has 2 heterocycles. The SMILES string of the molecule is Cc1ccccc1NC(=O)c1cc(S(=O)(=O)Nc2ccc(Cl)cn2)cs1. The number of hydrogen-bond acceptors (Lipinski definition) is 5. The first-order valence-electron chi connectivity index (χ1n) is 7.45. The summed E-state index contributed by atoms with van der Waals surface area (Å²) in [5.41, 5.74) is 1.60. The molecule has 2 N–H and O–H groups in total. The molecule has 0 fully saturated rings. The van der Waals surface area contributed by atoms with Crippen LogP contribution in [0.1, 0.15) is 15.2 Å². The van der Waals surface area contributed by atoms with Gasteiger partial charge in [0.1, 0.15) is 5.82 Å². The van der Waals surface area contributed by atoms with E-state index >= 15 is 0 Å². The molecule has 1 aromatic carbocycles. The molecule has 9 heteroatoms. The summed E-state index contributed by atoms with van der Waals surface area (Å²) in [6.07, 6.45) is 1.34. The molecule has 0 saturated heterocycles. The van der Waals surface area contributed by atoms with Crippen molar-refractivity contribution < 1.29 is 13.2 Å². The highest BCUT2D eigenvalue weighted by Crippen LogP contribution is 2.23. The zero-order valence-electron chi connectivity index (χ0n) is 13.6. The van der Waals surface area contributed by atoms with Crippen LogP contribution in [-0.4, -0.2) is 19.3 Å². The summed E-state index contributed by atoms with van der Waals surface area (Å²) >= 11 is 6.78. The number of anilines is 2. The van der Waals surface area contributed by atoms with Crippen LogP contribution in [0.3, 0.4) is 0 Å². The molecule has 1 amide bonds. The minimum atomic E-state index is -3.85. The van der Waals surface area contributed by atoms with Gasteiger partial charge in [0.25, 0.3) is 15.9 Å². The Labute approximate surface area is 159 Å². The number of rotatable bonds is 5. The second kappa shape index (κ2) is 7.45. The van der Waals surface area contributed by atoms with Gasteiger partial charge < -0.3 is 5.32 Å². The van der Waals surface area contributed by atoms with Crippen LogP contribution in [0.2, 0.25) is 5.02 Å². The van der Waals surface area contributed by atoms with Gasteiger partial charge in [0.05, 0.1) is 14.8 Å². The molecule has 0 unspecified atom stereocenters. The van der Waals surface area contributed by atoms with E-state index in [1.165, 1.54) is 29.8 Å². The van der Waals surface area contributed by atoms with Gasteiger partial charge >= 0.3 is 0 Å². The summed E-state index contributed by atoms with van der Waals surface area (Å²) in [6, 6.07) is 11.7. The van der Waals surface area contributed by atoms with E-state index in [1.807, 2.05) is 25.1 Å². The predicted octanol–water partition coefficient (Wildman–Crippen LogP) is 4.16. The number of nitrogens with zero attached hydrogens (tertiary/aromatic N) is 1. The fourth-order valence-corrected chi connectivity index (χ4v) is 4.40. The maximum absolute atomic E-state index is 12.4. The molecule has 0 radical (unpaired) electrons. The van der Waals surface area contributed by atoms with Crippen molar-refractivity contribution in [3.63, 3.8) is 0 Å².